The van der Waals surface area contributed by atoms with Crippen molar-refractivity contribution in [1.82, 2.24) is 0 Å². The molecule has 6 nitrogen and oxygen atoms in total. The van der Waals surface area contributed by atoms with Crippen molar-refractivity contribution in [2.24, 2.45) is 5.41 Å². The molecule has 2 aromatic rings. The molecule has 0 heterocycles. The summed E-state index contributed by atoms with van der Waals surface area (Å²) >= 11 is 3.68. The Morgan fingerprint density at radius 2 is 1.86 bits per heavy atom. The predicted octanol–water partition coefficient (Wildman–Crippen LogP) is 5.68. The van der Waals surface area contributed by atoms with Crippen molar-refractivity contribution in [3.8, 4) is 5.75 Å². The molecule has 0 aromatic heterocycles. The second-order valence-corrected chi connectivity index (χ2v) is 8.96. The van der Waals surface area contributed by atoms with E-state index < -0.39 is 23.6 Å². The molecule has 1 atom stereocenters. The zero-order chi connectivity index (χ0) is 21.6. The largest absolute Gasteiger partial charge is 0.508 e. The number of thioether (sulfide) groups is 1. The number of nitrogens with one attached hydrogen (secondary N) is 1. The number of aliphatic carboxylic acids is 1. The van der Waals surface area contributed by atoms with Gasteiger partial charge in [-0.15, -0.1) is 11.8 Å². The predicted molar refractivity (Wildman–Crippen MR) is 122 cm³/mol. The summed E-state index contributed by atoms with van der Waals surface area (Å²) in [6, 6.07) is 12.2. The van der Waals surface area contributed by atoms with E-state index in [1.807, 2.05) is 18.4 Å². The molecule has 154 valence electrons. The van der Waals surface area contributed by atoms with Crippen molar-refractivity contribution in [3.63, 3.8) is 0 Å². The summed E-state index contributed by atoms with van der Waals surface area (Å²) in [5, 5.41) is 22.0. The van der Waals surface area contributed by atoms with Crippen molar-refractivity contribution >= 4 is 52.1 Å². The molecule has 0 bridgehead atoms. The number of anilines is 1. The zero-order valence-electron chi connectivity index (χ0n) is 16.2. The Balaban J connectivity index is 2.32. The number of hydrogen-bond donors (Lipinski definition) is 3. The summed E-state index contributed by atoms with van der Waals surface area (Å²) in [6.45, 7) is 3.47. The van der Waals surface area contributed by atoms with Crippen molar-refractivity contribution < 1.29 is 24.5 Å². The average molecular weight is 527 g/mol. The Bertz CT molecular complexity index is 912. The van der Waals surface area contributed by atoms with E-state index in [-0.39, 0.29) is 5.75 Å². The van der Waals surface area contributed by atoms with E-state index in [0.717, 1.165) is 14.5 Å². The van der Waals surface area contributed by atoms with Crippen molar-refractivity contribution in [2.45, 2.75) is 24.8 Å². The standard InChI is InChI=1S/C21H22INO5S/c1-21(2,11-10-18(25)26)19(16-12-13(22)4-9-17(16)24)28-20(27)23-14-5-7-15(29-3)8-6-14/h4-12,19,24H,1-3H3,(H,23,27)(H,25,26)/b11-10+/t19-/m1/s1. The van der Waals surface area contributed by atoms with Crippen molar-refractivity contribution in [1.29, 1.82) is 0 Å². The maximum atomic E-state index is 12.6. The van der Waals surface area contributed by atoms with Gasteiger partial charge in [-0.05, 0) is 71.3 Å². The molecule has 2 aromatic carbocycles. The fourth-order valence-corrected chi connectivity index (χ4v) is 3.58. The smallest absolute Gasteiger partial charge is 0.412 e. The summed E-state index contributed by atoms with van der Waals surface area (Å²) in [6.07, 6.45) is 2.78. The van der Waals surface area contributed by atoms with Crippen LogP contribution in [0.15, 0.2) is 59.5 Å². The van der Waals surface area contributed by atoms with E-state index in [2.05, 4.69) is 27.9 Å². The number of halogens is 1. The third-order valence-corrected chi connectivity index (χ3v) is 5.58. The number of carbonyl (C=O) groups is 2. The lowest BCUT2D eigenvalue weighted by Gasteiger charge is -2.32. The van der Waals surface area contributed by atoms with Crippen LogP contribution in [0, 0.1) is 8.99 Å². The zero-order valence-corrected chi connectivity index (χ0v) is 19.2. The number of ether oxygens (including phenoxy) is 1. The molecule has 8 heteroatoms. The summed E-state index contributed by atoms with van der Waals surface area (Å²) in [7, 11) is 0. The summed E-state index contributed by atoms with van der Waals surface area (Å²) in [5.74, 6) is -1.15. The molecule has 1 amide bonds. The van der Waals surface area contributed by atoms with E-state index >= 15 is 0 Å². The number of phenolic OH excluding ortho intramolecular Hbond substituents is 1. The molecule has 0 saturated carbocycles. The van der Waals surface area contributed by atoms with Gasteiger partial charge in [0.15, 0.2) is 0 Å². The molecule has 0 aliphatic rings. The van der Waals surface area contributed by atoms with Gasteiger partial charge in [0.05, 0.1) is 0 Å². The van der Waals surface area contributed by atoms with Gasteiger partial charge in [0, 0.05) is 31.2 Å². The fourth-order valence-electron chi connectivity index (χ4n) is 2.65. The Kier molecular flexibility index (Phi) is 7.97. The van der Waals surface area contributed by atoms with Crippen LogP contribution < -0.4 is 5.32 Å². The molecule has 0 radical (unpaired) electrons. The number of amides is 1. The van der Waals surface area contributed by atoms with Crippen LogP contribution in [-0.2, 0) is 9.53 Å². The Morgan fingerprint density at radius 3 is 2.45 bits per heavy atom. The molecule has 3 N–H and O–H groups in total. The van der Waals surface area contributed by atoms with Gasteiger partial charge in [0.25, 0.3) is 0 Å². The molecule has 2 rings (SSSR count). The highest BCUT2D eigenvalue weighted by molar-refractivity contribution is 14.1. The third-order valence-electron chi connectivity index (χ3n) is 4.16. The van der Waals surface area contributed by atoms with E-state index in [1.54, 1.807) is 49.9 Å². The number of benzene rings is 2. The quantitative estimate of drug-likeness (QED) is 0.244. The first kappa shape index (κ1) is 23.1. The van der Waals surface area contributed by atoms with Gasteiger partial charge in [-0.1, -0.05) is 19.9 Å². The average Bonchev–Trinajstić information content (AvgIpc) is 2.67. The molecule has 0 spiro atoms. The first-order chi connectivity index (χ1) is 13.6. The molecular formula is C21H22INO5S. The SMILES string of the molecule is CSc1ccc(NC(=O)O[C@H](c2cc(I)ccc2O)C(C)(C)/C=C/C(=O)O)cc1. The summed E-state index contributed by atoms with van der Waals surface area (Å²) in [4.78, 5) is 24.6. The van der Waals surface area contributed by atoms with Crippen LogP contribution in [0.3, 0.4) is 0 Å². The van der Waals surface area contributed by atoms with Gasteiger partial charge in [-0.25, -0.2) is 9.59 Å². The Hall–Kier alpha value is -2.20. The van der Waals surface area contributed by atoms with E-state index in [1.165, 1.54) is 12.1 Å². The van der Waals surface area contributed by atoms with Crippen LogP contribution in [0.5, 0.6) is 5.75 Å². The second kappa shape index (κ2) is 10.0. The van der Waals surface area contributed by atoms with Crippen molar-refractivity contribution in [3.05, 3.63) is 63.8 Å². The van der Waals surface area contributed by atoms with Gasteiger partial charge in [-0.3, -0.25) is 5.32 Å². The summed E-state index contributed by atoms with van der Waals surface area (Å²) < 4.78 is 6.51. The number of carboxylic acid groups (broad SMARTS) is 1. The molecular weight excluding hydrogens is 505 g/mol. The highest BCUT2D eigenvalue weighted by Crippen LogP contribution is 2.42. The lowest BCUT2D eigenvalue weighted by Crippen LogP contribution is -2.28. The minimum absolute atomic E-state index is 0.0376. The third kappa shape index (κ3) is 6.67. The van der Waals surface area contributed by atoms with Gasteiger partial charge < -0.3 is 14.9 Å². The topological polar surface area (TPSA) is 95.9 Å². The van der Waals surface area contributed by atoms with E-state index in [0.29, 0.717) is 11.3 Å². The van der Waals surface area contributed by atoms with Crippen LogP contribution in [0.1, 0.15) is 25.5 Å². The fraction of sp³-hybridized carbons (Fsp3) is 0.238. The van der Waals surface area contributed by atoms with Crippen LogP contribution >= 0.6 is 34.4 Å². The number of carboxylic acids is 1. The highest BCUT2D eigenvalue weighted by atomic mass is 127. The van der Waals surface area contributed by atoms with Gasteiger partial charge >= 0.3 is 12.1 Å². The lowest BCUT2D eigenvalue weighted by molar-refractivity contribution is -0.131. The van der Waals surface area contributed by atoms with Crippen LogP contribution in [0.4, 0.5) is 10.5 Å². The maximum Gasteiger partial charge on any atom is 0.412 e. The number of aromatic hydroxyl groups is 1. The molecule has 0 aliphatic carbocycles. The van der Waals surface area contributed by atoms with Gasteiger partial charge in [0.1, 0.15) is 11.9 Å². The first-order valence-corrected chi connectivity index (χ1v) is 10.9. The van der Waals surface area contributed by atoms with E-state index in [4.69, 9.17) is 9.84 Å². The number of rotatable bonds is 7. The molecule has 0 unspecified atom stereocenters. The minimum atomic E-state index is -1.11. The number of carbonyl (C=O) groups excluding carboxylic acids is 1. The molecule has 0 fully saturated rings. The Labute approximate surface area is 187 Å². The van der Waals surface area contributed by atoms with Gasteiger partial charge in [-0.2, -0.15) is 0 Å². The van der Waals surface area contributed by atoms with Crippen molar-refractivity contribution in [2.75, 3.05) is 11.6 Å². The molecule has 0 saturated heterocycles. The maximum absolute atomic E-state index is 12.6. The van der Waals surface area contributed by atoms with Gasteiger partial charge in [0.2, 0.25) is 0 Å². The monoisotopic (exact) mass is 527 g/mol. The summed E-state index contributed by atoms with van der Waals surface area (Å²) in [5.41, 5.74) is 0.0579. The van der Waals surface area contributed by atoms with Crippen LogP contribution in [0.25, 0.3) is 0 Å². The number of hydrogen-bond acceptors (Lipinski definition) is 5. The van der Waals surface area contributed by atoms with Crippen LogP contribution in [0.2, 0.25) is 0 Å². The minimum Gasteiger partial charge on any atom is -0.508 e. The Morgan fingerprint density at radius 1 is 1.21 bits per heavy atom. The second-order valence-electron chi connectivity index (χ2n) is 6.83. The number of phenols is 1. The highest BCUT2D eigenvalue weighted by Gasteiger charge is 2.34. The molecule has 29 heavy (non-hydrogen) atoms. The first-order valence-electron chi connectivity index (χ1n) is 8.64. The normalized spacial score (nSPS) is 12.6. The molecule has 0 aliphatic heterocycles. The van der Waals surface area contributed by atoms with E-state index in [9.17, 15) is 14.7 Å². The lowest BCUT2D eigenvalue weighted by atomic mass is 9.81. The van der Waals surface area contributed by atoms with Crippen LogP contribution in [-0.4, -0.2) is 28.5 Å².